The second-order valence-electron chi connectivity index (χ2n) is 3.51. The van der Waals surface area contributed by atoms with E-state index in [1.54, 1.807) is 19.2 Å². The van der Waals surface area contributed by atoms with E-state index in [9.17, 15) is 4.79 Å². The number of para-hydroxylation sites is 2. The number of rotatable bonds is 5. The molecule has 0 aliphatic rings. The number of nitrogens with zero attached hydrogens (tertiary/aromatic N) is 1. The smallest absolute Gasteiger partial charge is 0.242 e. The predicted molar refractivity (Wildman–Crippen MR) is 90.4 cm³/mol. The van der Waals surface area contributed by atoms with Crippen LogP contribution in [0.15, 0.2) is 29.3 Å². The molecule has 1 rings (SSSR count). The molecule has 0 fully saturated rings. The van der Waals surface area contributed by atoms with Crippen molar-refractivity contribution in [3.8, 4) is 18.1 Å². The molecule has 1 aromatic rings. The fraction of sp³-hybridized carbons (Fsp3) is 0.231. The molecule has 0 aromatic heterocycles. The summed E-state index contributed by atoms with van der Waals surface area (Å²) in [6.07, 6.45) is 5.02. The van der Waals surface area contributed by atoms with Crippen LogP contribution in [0.5, 0.6) is 5.75 Å². The van der Waals surface area contributed by atoms with Gasteiger partial charge >= 0.3 is 0 Å². The van der Waals surface area contributed by atoms with E-state index in [0.717, 1.165) is 0 Å². The van der Waals surface area contributed by atoms with Crippen LogP contribution >= 0.6 is 24.0 Å². The monoisotopic (exact) mass is 388 g/mol. The second kappa shape index (κ2) is 9.91. The number of terminal acetylenes is 1. The number of methoxy groups -OCH3 is 1. The first-order valence-corrected chi connectivity index (χ1v) is 5.57. The Morgan fingerprint density at radius 3 is 2.85 bits per heavy atom. The third-order valence-corrected chi connectivity index (χ3v) is 2.15. The third-order valence-electron chi connectivity index (χ3n) is 2.15. The van der Waals surface area contributed by atoms with Crippen LogP contribution in [0, 0.1) is 12.3 Å². The molecule has 1 aromatic carbocycles. The van der Waals surface area contributed by atoms with Crippen LogP contribution < -0.4 is 21.1 Å². The molecule has 0 heterocycles. The summed E-state index contributed by atoms with van der Waals surface area (Å²) in [5.41, 5.74) is 6.35. The van der Waals surface area contributed by atoms with Gasteiger partial charge in [0.1, 0.15) is 12.3 Å². The van der Waals surface area contributed by atoms with Crippen LogP contribution in [0.4, 0.5) is 5.69 Å². The summed E-state index contributed by atoms with van der Waals surface area (Å²) in [7, 11) is 1.56. The first-order chi connectivity index (χ1) is 9.17. The fourth-order valence-corrected chi connectivity index (χ4v) is 1.29. The van der Waals surface area contributed by atoms with Crippen molar-refractivity contribution in [2.75, 3.05) is 25.5 Å². The molecule has 0 saturated heterocycles. The van der Waals surface area contributed by atoms with Crippen molar-refractivity contribution < 1.29 is 9.53 Å². The average molecular weight is 388 g/mol. The molecule has 4 N–H and O–H groups in total. The lowest BCUT2D eigenvalue weighted by atomic mass is 10.3. The van der Waals surface area contributed by atoms with Crippen molar-refractivity contribution in [1.29, 1.82) is 0 Å². The molecule has 0 bridgehead atoms. The van der Waals surface area contributed by atoms with Crippen LogP contribution in [0.3, 0.4) is 0 Å². The predicted octanol–water partition coefficient (Wildman–Crippen LogP) is 0.789. The molecular weight excluding hydrogens is 371 g/mol. The molecule has 0 aliphatic heterocycles. The number of nitrogens with one attached hydrogen (secondary N) is 2. The van der Waals surface area contributed by atoms with E-state index in [2.05, 4.69) is 21.5 Å². The topological polar surface area (TPSA) is 88.7 Å². The maximum atomic E-state index is 11.3. The minimum atomic E-state index is -0.289. The van der Waals surface area contributed by atoms with Crippen molar-refractivity contribution in [2.24, 2.45) is 10.7 Å². The molecule has 0 radical (unpaired) electrons. The van der Waals surface area contributed by atoms with E-state index in [-0.39, 0.29) is 48.9 Å². The van der Waals surface area contributed by atoms with Crippen LogP contribution in [0.25, 0.3) is 0 Å². The first kappa shape index (κ1) is 18.0. The first-order valence-electron chi connectivity index (χ1n) is 5.57. The van der Waals surface area contributed by atoms with Crippen molar-refractivity contribution in [2.45, 2.75) is 0 Å². The molecular formula is C13H17IN4O2. The van der Waals surface area contributed by atoms with Gasteiger partial charge in [0.15, 0.2) is 5.96 Å². The van der Waals surface area contributed by atoms with Crippen molar-refractivity contribution in [1.82, 2.24) is 5.32 Å². The lowest BCUT2D eigenvalue weighted by molar-refractivity contribution is -0.119. The van der Waals surface area contributed by atoms with Gasteiger partial charge in [-0.05, 0) is 12.1 Å². The number of halogens is 1. The Kier molecular flexibility index (Phi) is 8.95. The maximum Gasteiger partial charge on any atom is 0.242 e. The Balaban J connectivity index is 0.00000361. The number of carbonyl (C=O) groups excluding carboxylic acids is 1. The molecule has 1 amide bonds. The number of anilines is 1. The molecule has 108 valence electrons. The number of guanidine groups is 1. The molecule has 7 heteroatoms. The van der Waals surface area contributed by atoms with Crippen LogP contribution in [-0.4, -0.2) is 32.1 Å². The molecule has 0 spiro atoms. The maximum absolute atomic E-state index is 11.3. The zero-order chi connectivity index (χ0) is 14.1. The van der Waals surface area contributed by atoms with Gasteiger partial charge < -0.3 is 21.1 Å². The Labute approximate surface area is 135 Å². The number of benzene rings is 1. The van der Waals surface area contributed by atoms with E-state index >= 15 is 0 Å². The third kappa shape index (κ3) is 6.29. The molecule has 0 saturated carbocycles. The highest BCUT2D eigenvalue weighted by Crippen LogP contribution is 2.22. The zero-order valence-corrected chi connectivity index (χ0v) is 13.4. The van der Waals surface area contributed by atoms with E-state index in [0.29, 0.717) is 11.4 Å². The van der Waals surface area contributed by atoms with Gasteiger partial charge in [-0.15, -0.1) is 30.4 Å². The van der Waals surface area contributed by atoms with Crippen molar-refractivity contribution in [3.63, 3.8) is 0 Å². The lowest BCUT2D eigenvalue weighted by Gasteiger charge is -2.09. The summed E-state index contributed by atoms with van der Waals surface area (Å²) in [6.45, 7) is 0.0872. The summed E-state index contributed by atoms with van der Waals surface area (Å²) < 4.78 is 5.15. The van der Waals surface area contributed by atoms with Crippen molar-refractivity contribution in [3.05, 3.63) is 24.3 Å². The van der Waals surface area contributed by atoms with Gasteiger partial charge in [0.2, 0.25) is 5.91 Å². The van der Waals surface area contributed by atoms with E-state index < -0.39 is 0 Å². The highest BCUT2D eigenvalue weighted by molar-refractivity contribution is 14.0. The standard InChI is InChI=1S/C13H16N4O2.HI/c1-3-8-15-12(18)9-16-13(14)17-10-6-4-5-7-11(10)19-2;/h1,4-7H,8-9H2,2H3,(H,15,18)(H3,14,16,17);1H. The Morgan fingerprint density at radius 1 is 1.50 bits per heavy atom. The number of hydrogen-bond acceptors (Lipinski definition) is 3. The number of ether oxygens (including phenoxy) is 1. The van der Waals surface area contributed by atoms with Gasteiger partial charge in [-0.25, -0.2) is 4.99 Å². The van der Waals surface area contributed by atoms with Gasteiger partial charge in [0.05, 0.1) is 19.3 Å². The minimum Gasteiger partial charge on any atom is -0.495 e. The minimum absolute atomic E-state index is 0. The highest BCUT2D eigenvalue weighted by atomic mass is 127. The summed E-state index contributed by atoms with van der Waals surface area (Å²) in [5, 5.41) is 5.34. The normalized spacial score (nSPS) is 9.90. The number of amides is 1. The summed E-state index contributed by atoms with van der Waals surface area (Å²) >= 11 is 0. The Bertz CT molecular complexity index is 511. The summed E-state index contributed by atoms with van der Waals surface area (Å²) in [6, 6.07) is 7.25. The van der Waals surface area contributed by atoms with E-state index in [4.69, 9.17) is 16.9 Å². The van der Waals surface area contributed by atoms with Gasteiger partial charge in [-0.1, -0.05) is 18.1 Å². The van der Waals surface area contributed by atoms with Gasteiger partial charge in [-0.2, -0.15) is 0 Å². The van der Waals surface area contributed by atoms with Crippen LogP contribution in [0.2, 0.25) is 0 Å². The Morgan fingerprint density at radius 2 is 2.20 bits per heavy atom. The zero-order valence-electron chi connectivity index (χ0n) is 11.1. The van der Waals surface area contributed by atoms with Crippen molar-refractivity contribution >= 4 is 41.5 Å². The van der Waals surface area contributed by atoms with Gasteiger partial charge in [0.25, 0.3) is 0 Å². The molecule has 0 aliphatic carbocycles. The quantitative estimate of drug-likeness (QED) is 0.301. The lowest BCUT2D eigenvalue weighted by Crippen LogP contribution is -2.29. The molecule has 6 nitrogen and oxygen atoms in total. The molecule has 0 unspecified atom stereocenters. The SMILES string of the molecule is C#CCNC(=O)CN=C(N)Nc1ccccc1OC.I. The largest absolute Gasteiger partial charge is 0.495 e. The molecule has 0 atom stereocenters. The number of nitrogens with two attached hydrogens (primary N) is 1. The fourth-order valence-electron chi connectivity index (χ4n) is 1.29. The number of carbonyl (C=O) groups is 1. The van der Waals surface area contributed by atoms with Crippen LogP contribution in [-0.2, 0) is 4.79 Å². The highest BCUT2D eigenvalue weighted by Gasteiger charge is 2.03. The van der Waals surface area contributed by atoms with Gasteiger partial charge in [0, 0.05) is 0 Å². The molecule has 20 heavy (non-hydrogen) atoms. The van der Waals surface area contributed by atoms with Gasteiger partial charge in [-0.3, -0.25) is 4.79 Å². The number of aliphatic imine (C=N–C) groups is 1. The summed E-state index contributed by atoms with van der Waals surface area (Å²) in [4.78, 5) is 15.2. The summed E-state index contributed by atoms with van der Waals surface area (Å²) in [5.74, 6) is 2.77. The average Bonchev–Trinajstić information content (AvgIpc) is 2.43. The van der Waals surface area contributed by atoms with E-state index in [1.807, 2.05) is 12.1 Å². The Hall–Kier alpha value is -1.95. The number of hydrogen-bond donors (Lipinski definition) is 3. The second-order valence-corrected chi connectivity index (χ2v) is 3.51. The van der Waals surface area contributed by atoms with Crippen LogP contribution in [0.1, 0.15) is 0 Å². The van der Waals surface area contributed by atoms with E-state index in [1.165, 1.54) is 0 Å².